The summed E-state index contributed by atoms with van der Waals surface area (Å²) in [6.45, 7) is 1.27. The van der Waals surface area contributed by atoms with Gasteiger partial charge in [0, 0.05) is 12.3 Å². The molecule has 0 spiro atoms. The molecule has 5 nitrogen and oxygen atoms in total. The molecule has 172 valence electrons. The van der Waals surface area contributed by atoms with Gasteiger partial charge in [-0.25, -0.2) is 0 Å². The van der Waals surface area contributed by atoms with Crippen molar-refractivity contribution in [1.82, 2.24) is 0 Å². The van der Waals surface area contributed by atoms with E-state index in [1.54, 1.807) is 7.11 Å². The summed E-state index contributed by atoms with van der Waals surface area (Å²) in [6, 6.07) is 2.24. The second-order valence-electron chi connectivity index (χ2n) is 9.74. The summed E-state index contributed by atoms with van der Waals surface area (Å²) in [7, 11) is 3.92. The SMILES string of the molecule is COc1c2c(cc3c1[C@@H](CC(=O)C1CCCCCCCCCCC1)[NH+](C)CC3)OCO2. The Morgan fingerprint density at radius 1 is 1.03 bits per heavy atom. The lowest BCUT2D eigenvalue weighted by atomic mass is 9.83. The van der Waals surface area contributed by atoms with Crippen LogP contribution >= 0.6 is 0 Å². The van der Waals surface area contributed by atoms with Crippen LogP contribution in [0.4, 0.5) is 0 Å². The highest BCUT2D eigenvalue weighted by molar-refractivity contribution is 5.82. The van der Waals surface area contributed by atoms with E-state index in [0.29, 0.717) is 18.0 Å². The molecule has 31 heavy (non-hydrogen) atoms. The van der Waals surface area contributed by atoms with E-state index in [2.05, 4.69) is 13.1 Å². The monoisotopic (exact) mass is 430 g/mol. The summed E-state index contributed by atoms with van der Waals surface area (Å²) in [4.78, 5) is 15.0. The number of methoxy groups -OCH3 is 1. The van der Waals surface area contributed by atoms with Gasteiger partial charge in [0.15, 0.2) is 11.5 Å². The number of likely N-dealkylation sites (N-methyl/N-ethyl adjacent to an activating group) is 1. The number of ether oxygens (including phenoxy) is 3. The Bertz CT molecular complexity index is 750. The lowest BCUT2D eigenvalue weighted by Gasteiger charge is -2.33. The molecule has 2 heterocycles. The van der Waals surface area contributed by atoms with Crippen LogP contribution in [0.3, 0.4) is 0 Å². The smallest absolute Gasteiger partial charge is 0.231 e. The molecule has 0 amide bonds. The maximum absolute atomic E-state index is 13.6. The highest BCUT2D eigenvalue weighted by atomic mass is 16.7. The first-order valence-electron chi connectivity index (χ1n) is 12.5. The Labute approximate surface area is 187 Å². The second kappa shape index (κ2) is 10.7. The fourth-order valence-electron chi connectivity index (χ4n) is 5.75. The predicted octanol–water partition coefficient (Wildman–Crippen LogP) is 4.42. The van der Waals surface area contributed by atoms with Gasteiger partial charge in [-0.1, -0.05) is 57.8 Å². The van der Waals surface area contributed by atoms with Crippen molar-refractivity contribution in [1.29, 1.82) is 0 Å². The molecule has 1 saturated carbocycles. The van der Waals surface area contributed by atoms with Crippen molar-refractivity contribution < 1.29 is 23.9 Å². The van der Waals surface area contributed by atoms with E-state index in [1.165, 1.54) is 68.3 Å². The molecule has 0 saturated heterocycles. The number of rotatable bonds is 4. The van der Waals surface area contributed by atoms with Crippen molar-refractivity contribution in [3.63, 3.8) is 0 Å². The van der Waals surface area contributed by atoms with Gasteiger partial charge in [0.25, 0.3) is 0 Å². The Morgan fingerprint density at radius 3 is 2.32 bits per heavy atom. The van der Waals surface area contributed by atoms with Crippen molar-refractivity contribution in [2.75, 3.05) is 27.5 Å². The molecule has 4 rings (SSSR count). The summed E-state index contributed by atoms with van der Waals surface area (Å²) >= 11 is 0. The minimum Gasteiger partial charge on any atom is -0.492 e. The fourth-order valence-corrected chi connectivity index (χ4v) is 5.75. The highest BCUT2D eigenvalue weighted by Crippen LogP contribution is 2.48. The fraction of sp³-hybridized carbons (Fsp3) is 0.731. The average molecular weight is 431 g/mol. The van der Waals surface area contributed by atoms with Gasteiger partial charge in [0.1, 0.15) is 11.8 Å². The van der Waals surface area contributed by atoms with Crippen molar-refractivity contribution in [2.45, 2.75) is 89.5 Å². The normalized spacial score (nSPS) is 25.2. The first kappa shape index (κ1) is 22.4. The maximum atomic E-state index is 13.6. The number of carbonyl (C=O) groups excluding carboxylic acids is 1. The van der Waals surface area contributed by atoms with Gasteiger partial charge in [0.2, 0.25) is 12.5 Å². The number of fused-ring (bicyclic) bond motifs is 2. The van der Waals surface area contributed by atoms with Crippen LogP contribution in [0.25, 0.3) is 0 Å². The standard InChI is InChI=1S/C26H39NO4/c1-27-15-14-20-16-23-25(31-18-30-23)26(29-2)24(20)21(27)17-22(28)19-12-10-8-6-4-3-5-7-9-11-13-19/h16,19,21H,3-15,17-18H2,1-2H3/p+1/t21-/m1/s1. The van der Waals surface area contributed by atoms with Crippen LogP contribution in [0.15, 0.2) is 6.07 Å². The lowest BCUT2D eigenvalue weighted by Crippen LogP contribution is -3.10. The van der Waals surface area contributed by atoms with Crippen molar-refractivity contribution in [3.05, 3.63) is 17.2 Å². The highest BCUT2D eigenvalue weighted by Gasteiger charge is 2.38. The van der Waals surface area contributed by atoms with Crippen LogP contribution in [-0.2, 0) is 11.2 Å². The Hall–Kier alpha value is -1.75. The number of benzene rings is 1. The molecule has 1 unspecified atom stereocenters. The summed E-state index contributed by atoms with van der Waals surface area (Å²) in [5.41, 5.74) is 2.42. The van der Waals surface area contributed by atoms with Gasteiger partial charge < -0.3 is 19.1 Å². The number of quaternary nitrogens is 1. The maximum Gasteiger partial charge on any atom is 0.231 e. The van der Waals surface area contributed by atoms with E-state index in [0.717, 1.165) is 42.9 Å². The quantitative estimate of drug-likeness (QED) is 0.768. The van der Waals surface area contributed by atoms with Gasteiger partial charge in [0.05, 0.1) is 32.7 Å². The zero-order valence-corrected chi connectivity index (χ0v) is 19.5. The molecule has 1 aromatic carbocycles. The van der Waals surface area contributed by atoms with E-state index in [1.807, 2.05) is 0 Å². The summed E-state index contributed by atoms with van der Waals surface area (Å²) in [5.74, 6) is 2.94. The first-order chi connectivity index (χ1) is 15.2. The molecular weight excluding hydrogens is 390 g/mol. The molecule has 1 aromatic rings. The number of carbonyl (C=O) groups is 1. The van der Waals surface area contributed by atoms with E-state index in [-0.39, 0.29) is 18.8 Å². The topological polar surface area (TPSA) is 49.2 Å². The zero-order chi connectivity index (χ0) is 21.6. The van der Waals surface area contributed by atoms with Crippen molar-refractivity contribution in [3.8, 4) is 17.2 Å². The van der Waals surface area contributed by atoms with Crippen LogP contribution in [0.5, 0.6) is 17.2 Å². The number of hydrogen-bond acceptors (Lipinski definition) is 4. The largest absolute Gasteiger partial charge is 0.492 e. The van der Waals surface area contributed by atoms with Crippen molar-refractivity contribution >= 4 is 5.78 Å². The van der Waals surface area contributed by atoms with Gasteiger partial charge >= 0.3 is 0 Å². The number of hydrogen-bond donors (Lipinski definition) is 1. The molecule has 2 aliphatic heterocycles. The van der Waals surface area contributed by atoms with Crippen LogP contribution in [0.1, 0.15) is 94.2 Å². The first-order valence-corrected chi connectivity index (χ1v) is 12.5. The molecule has 5 heteroatoms. The summed E-state index contributed by atoms with van der Waals surface area (Å²) < 4.78 is 17.2. The van der Waals surface area contributed by atoms with E-state index < -0.39 is 0 Å². The molecule has 0 radical (unpaired) electrons. The van der Waals surface area contributed by atoms with Gasteiger partial charge in [-0.15, -0.1) is 0 Å². The summed E-state index contributed by atoms with van der Waals surface area (Å²) in [6.07, 6.45) is 15.4. The third kappa shape index (κ3) is 5.19. The van der Waals surface area contributed by atoms with Gasteiger partial charge in [-0.3, -0.25) is 4.79 Å². The molecule has 3 aliphatic rings. The van der Waals surface area contributed by atoms with Gasteiger partial charge in [-0.2, -0.15) is 0 Å². The Kier molecular flexibility index (Phi) is 7.76. The van der Waals surface area contributed by atoms with Crippen LogP contribution in [0.2, 0.25) is 0 Å². The van der Waals surface area contributed by atoms with E-state index >= 15 is 0 Å². The minimum atomic E-state index is 0.127. The summed E-state index contributed by atoms with van der Waals surface area (Å²) in [5, 5.41) is 0. The van der Waals surface area contributed by atoms with E-state index in [4.69, 9.17) is 14.2 Å². The molecular formula is C26H40NO4+. The van der Waals surface area contributed by atoms with E-state index in [9.17, 15) is 4.79 Å². The van der Waals surface area contributed by atoms with Crippen molar-refractivity contribution in [2.24, 2.45) is 5.92 Å². The lowest BCUT2D eigenvalue weighted by molar-refractivity contribution is -0.914. The van der Waals surface area contributed by atoms with Crippen LogP contribution in [-0.4, -0.2) is 33.3 Å². The third-order valence-electron chi connectivity index (χ3n) is 7.65. The Balaban J connectivity index is 1.52. The molecule has 1 aliphatic carbocycles. The zero-order valence-electron chi connectivity index (χ0n) is 19.5. The second-order valence-corrected chi connectivity index (χ2v) is 9.74. The minimum absolute atomic E-state index is 0.127. The molecule has 1 fully saturated rings. The van der Waals surface area contributed by atoms with Crippen LogP contribution < -0.4 is 19.1 Å². The predicted molar refractivity (Wildman–Crippen MR) is 121 cm³/mol. The van der Waals surface area contributed by atoms with Crippen LogP contribution in [0, 0.1) is 5.92 Å². The molecule has 0 aromatic heterocycles. The molecule has 2 atom stereocenters. The Morgan fingerprint density at radius 2 is 1.68 bits per heavy atom. The number of nitrogens with one attached hydrogen (secondary N) is 1. The average Bonchev–Trinajstić information content (AvgIpc) is 3.23. The number of Topliss-reactive ketones (excluding diaryl/α,β-unsaturated/α-hetero) is 1. The number of ketones is 1. The molecule has 1 N–H and O–H groups in total. The third-order valence-corrected chi connectivity index (χ3v) is 7.65. The van der Waals surface area contributed by atoms with Gasteiger partial charge in [-0.05, 0) is 24.5 Å². The molecule has 0 bridgehead atoms.